The Morgan fingerprint density at radius 3 is 2.50 bits per heavy atom. The number of aromatic nitrogens is 3. The molecule has 22 heavy (non-hydrogen) atoms. The standard InChI is InChI=1S/C15H12FN5O/c16-11-8-4-5-9-12(11)18-15(22)13-14(17)21(20-19-13)10-6-2-1-3-7-10/h1-9H,17H2,(H,18,22). The third-order valence-corrected chi connectivity index (χ3v) is 3.04. The minimum absolute atomic E-state index is 0.0566. The molecule has 3 aromatic rings. The van der Waals surface area contributed by atoms with Crippen LogP contribution in [0.4, 0.5) is 15.9 Å². The minimum Gasteiger partial charge on any atom is -0.382 e. The topological polar surface area (TPSA) is 85.8 Å². The highest BCUT2D eigenvalue weighted by atomic mass is 19.1. The molecule has 1 aromatic heterocycles. The van der Waals surface area contributed by atoms with Gasteiger partial charge in [0.15, 0.2) is 11.5 Å². The van der Waals surface area contributed by atoms with Crippen molar-refractivity contribution in [2.24, 2.45) is 0 Å². The quantitative estimate of drug-likeness (QED) is 0.776. The molecule has 110 valence electrons. The minimum atomic E-state index is -0.621. The maximum atomic E-state index is 13.5. The van der Waals surface area contributed by atoms with Gasteiger partial charge in [-0.3, -0.25) is 4.79 Å². The van der Waals surface area contributed by atoms with E-state index in [0.29, 0.717) is 5.69 Å². The molecule has 2 aromatic carbocycles. The molecule has 3 N–H and O–H groups in total. The van der Waals surface area contributed by atoms with Crippen LogP contribution >= 0.6 is 0 Å². The van der Waals surface area contributed by atoms with Crippen LogP contribution < -0.4 is 11.1 Å². The largest absolute Gasteiger partial charge is 0.382 e. The van der Waals surface area contributed by atoms with Gasteiger partial charge in [-0.15, -0.1) is 5.10 Å². The van der Waals surface area contributed by atoms with Gasteiger partial charge in [0.25, 0.3) is 5.91 Å². The van der Waals surface area contributed by atoms with Crippen LogP contribution in [0.2, 0.25) is 0 Å². The smallest absolute Gasteiger partial charge is 0.280 e. The number of halogens is 1. The molecule has 0 atom stereocenters. The Kier molecular flexibility index (Phi) is 3.53. The summed E-state index contributed by atoms with van der Waals surface area (Å²) < 4.78 is 14.9. The SMILES string of the molecule is Nc1c(C(=O)Nc2ccccc2F)nnn1-c1ccccc1. The van der Waals surface area contributed by atoms with Crippen LogP contribution in [-0.4, -0.2) is 20.9 Å². The van der Waals surface area contributed by atoms with Gasteiger partial charge in [0.2, 0.25) is 0 Å². The molecule has 0 saturated heterocycles. The maximum absolute atomic E-state index is 13.5. The van der Waals surface area contributed by atoms with E-state index in [1.165, 1.54) is 22.9 Å². The number of carbonyl (C=O) groups is 1. The second kappa shape index (κ2) is 5.65. The number of rotatable bonds is 3. The molecule has 0 unspecified atom stereocenters. The zero-order valence-electron chi connectivity index (χ0n) is 11.4. The fourth-order valence-corrected chi connectivity index (χ4v) is 1.95. The first-order valence-corrected chi connectivity index (χ1v) is 6.49. The summed E-state index contributed by atoms with van der Waals surface area (Å²) in [6.45, 7) is 0. The van der Waals surface area contributed by atoms with Crippen molar-refractivity contribution in [3.63, 3.8) is 0 Å². The summed E-state index contributed by atoms with van der Waals surface area (Å²) in [5.41, 5.74) is 6.58. The van der Waals surface area contributed by atoms with Crippen molar-refractivity contribution >= 4 is 17.4 Å². The van der Waals surface area contributed by atoms with E-state index in [4.69, 9.17) is 5.73 Å². The highest BCUT2D eigenvalue weighted by molar-refractivity contribution is 6.05. The molecule has 0 radical (unpaired) electrons. The van der Waals surface area contributed by atoms with E-state index in [-0.39, 0.29) is 17.2 Å². The van der Waals surface area contributed by atoms with Gasteiger partial charge in [-0.1, -0.05) is 35.5 Å². The fraction of sp³-hybridized carbons (Fsp3) is 0. The van der Waals surface area contributed by atoms with Gasteiger partial charge in [-0.05, 0) is 24.3 Å². The summed E-state index contributed by atoms with van der Waals surface area (Å²) in [4.78, 5) is 12.2. The Morgan fingerprint density at radius 2 is 1.77 bits per heavy atom. The van der Waals surface area contributed by atoms with E-state index in [1.54, 1.807) is 18.2 Å². The van der Waals surface area contributed by atoms with Gasteiger partial charge < -0.3 is 11.1 Å². The highest BCUT2D eigenvalue weighted by Gasteiger charge is 2.19. The summed E-state index contributed by atoms with van der Waals surface area (Å²) in [6, 6.07) is 14.9. The van der Waals surface area contributed by atoms with Crippen molar-refractivity contribution in [3.05, 3.63) is 66.1 Å². The number of benzene rings is 2. The molecule has 0 fully saturated rings. The van der Waals surface area contributed by atoms with E-state index < -0.39 is 11.7 Å². The number of nitrogen functional groups attached to an aromatic ring is 1. The van der Waals surface area contributed by atoms with Crippen LogP contribution in [0.5, 0.6) is 0 Å². The van der Waals surface area contributed by atoms with Crippen LogP contribution in [-0.2, 0) is 0 Å². The van der Waals surface area contributed by atoms with E-state index in [0.717, 1.165) is 0 Å². The van der Waals surface area contributed by atoms with Crippen molar-refractivity contribution in [2.45, 2.75) is 0 Å². The molecule has 6 nitrogen and oxygen atoms in total. The number of hydrogen-bond donors (Lipinski definition) is 2. The number of nitrogens with two attached hydrogens (primary N) is 1. The van der Waals surface area contributed by atoms with Crippen LogP contribution in [0.15, 0.2) is 54.6 Å². The molecule has 0 aliphatic heterocycles. The predicted molar refractivity (Wildman–Crippen MR) is 80.1 cm³/mol. The molecule has 3 rings (SSSR count). The maximum Gasteiger partial charge on any atom is 0.280 e. The second-order valence-corrected chi connectivity index (χ2v) is 4.50. The number of nitrogens with one attached hydrogen (secondary N) is 1. The average molecular weight is 297 g/mol. The highest BCUT2D eigenvalue weighted by Crippen LogP contribution is 2.18. The first-order valence-electron chi connectivity index (χ1n) is 6.49. The Balaban J connectivity index is 1.89. The van der Waals surface area contributed by atoms with Crippen LogP contribution in [0, 0.1) is 5.82 Å². The van der Waals surface area contributed by atoms with Crippen molar-refractivity contribution < 1.29 is 9.18 Å². The van der Waals surface area contributed by atoms with Crippen molar-refractivity contribution in [3.8, 4) is 5.69 Å². The molecule has 1 amide bonds. The van der Waals surface area contributed by atoms with Crippen molar-refractivity contribution in [1.82, 2.24) is 15.0 Å². The zero-order valence-corrected chi connectivity index (χ0v) is 11.4. The first kappa shape index (κ1) is 13.7. The lowest BCUT2D eigenvalue weighted by atomic mass is 10.3. The van der Waals surface area contributed by atoms with E-state index in [1.807, 2.05) is 18.2 Å². The molecule has 1 heterocycles. The Hall–Kier alpha value is -3.22. The summed E-state index contributed by atoms with van der Waals surface area (Å²) >= 11 is 0. The van der Waals surface area contributed by atoms with E-state index in [9.17, 15) is 9.18 Å². The van der Waals surface area contributed by atoms with Gasteiger partial charge in [0.1, 0.15) is 5.82 Å². The monoisotopic (exact) mass is 297 g/mol. The van der Waals surface area contributed by atoms with Crippen LogP contribution in [0.25, 0.3) is 5.69 Å². The summed E-state index contributed by atoms with van der Waals surface area (Å²) in [5.74, 6) is -1.07. The Morgan fingerprint density at radius 1 is 1.09 bits per heavy atom. The van der Waals surface area contributed by atoms with E-state index >= 15 is 0 Å². The Labute approximate surface area is 125 Å². The summed E-state index contributed by atoms with van der Waals surface area (Å²) in [5, 5.41) is 10.1. The normalized spacial score (nSPS) is 10.4. The molecular weight excluding hydrogens is 285 g/mol. The number of nitrogens with zero attached hydrogens (tertiary/aromatic N) is 3. The number of amides is 1. The van der Waals surface area contributed by atoms with Crippen LogP contribution in [0.3, 0.4) is 0 Å². The third-order valence-electron chi connectivity index (χ3n) is 3.04. The summed E-state index contributed by atoms with van der Waals surface area (Å²) in [7, 11) is 0. The van der Waals surface area contributed by atoms with Gasteiger partial charge in [0.05, 0.1) is 11.4 Å². The molecule has 7 heteroatoms. The van der Waals surface area contributed by atoms with Gasteiger partial charge in [-0.2, -0.15) is 4.68 Å². The van der Waals surface area contributed by atoms with Gasteiger partial charge >= 0.3 is 0 Å². The molecular formula is C15H12FN5O. The lowest BCUT2D eigenvalue weighted by molar-refractivity contribution is 0.102. The van der Waals surface area contributed by atoms with Gasteiger partial charge in [-0.25, -0.2) is 4.39 Å². The molecule has 0 bridgehead atoms. The number of carbonyl (C=O) groups excluding carboxylic acids is 1. The Bertz CT molecular complexity index is 816. The third kappa shape index (κ3) is 2.51. The molecule has 0 saturated carbocycles. The zero-order chi connectivity index (χ0) is 15.5. The molecule has 0 spiro atoms. The number of para-hydroxylation sites is 2. The van der Waals surface area contributed by atoms with Crippen molar-refractivity contribution in [2.75, 3.05) is 11.1 Å². The second-order valence-electron chi connectivity index (χ2n) is 4.50. The fourth-order valence-electron chi connectivity index (χ4n) is 1.95. The summed E-state index contributed by atoms with van der Waals surface area (Å²) in [6.07, 6.45) is 0. The number of anilines is 2. The number of hydrogen-bond acceptors (Lipinski definition) is 4. The predicted octanol–water partition coefficient (Wildman–Crippen LogP) is 2.24. The molecule has 0 aliphatic carbocycles. The lowest BCUT2D eigenvalue weighted by Crippen LogP contribution is -2.15. The van der Waals surface area contributed by atoms with Crippen LogP contribution in [0.1, 0.15) is 10.5 Å². The lowest BCUT2D eigenvalue weighted by Gasteiger charge is -2.05. The van der Waals surface area contributed by atoms with Gasteiger partial charge in [0, 0.05) is 0 Å². The van der Waals surface area contributed by atoms with E-state index in [2.05, 4.69) is 15.6 Å². The molecule has 0 aliphatic rings. The van der Waals surface area contributed by atoms with Crippen molar-refractivity contribution in [1.29, 1.82) is 0 Å². The first-order chi connectivity index (χ1) is 10.7. The average Bonchev–Trinajstić information content (AvgIpc) is 2.92.